The lowest BCUT2D eigenvalue weighted by Gasteiger charge is -2.18. The van der Waals surface area contributed by atoms with Crippen molar-refractivity contribution in [1.29, 1.82) is 0 Å². The van der Waals surface area contributed by atoms with Gasteiger partial charge in [0.25, 0.3) is 5.91 Å². The summed E-state index contributed by atoms with van der Waals surface area (Å²) in [5, 5.41) is 0. The van der Waals surface area contributed by atoms with Crippen LogP contribution >= 0.6 is 12.4 Å². The minimum absolute atomic E-state index is 0. The molecule has 146 valence electrons. The second-order valence-corrected chi connectivity index (χ2v) is 6.42. The van der Waals surface area contributed by atoms with E-state index in [-0.39, 0.29) is 29.8 Å². The maximum Gasteiger partial charge on any atom is 0.419 e. The zero-order valence-corrected chi connectivity index (χ0v) is 15.1. The van der Waals surface area contributed by atoms with Crippen molar-refractivity contribution in [3.8, 4) is 0 Å². The molecule has 8 heteroatoms. The number of carbonyl (C=O) groups is 1. The van der Waals surface area contributed by atoms with Crippen molar-refractivity contribution in [2.45, 2.75) is 12.1 Å². The summed E-state index contributed by atoms with van der Waals surface area (Å²) in [6.07, 6.45) is -4.85. The molecule has 2 aromatic carbocycles. The number of hydrogen-bond acceptors (Lipinski definition) is 2. The number of alkyl halides is 3. The summed E-state index contributed by atoms with van der Waals surface area (Å²) in [5.74, 6) is -1.90. The standard InChI is InChI=1S/C19H18F4N2O.ClH/c20-17-7-6-13(8-16(17)19(21,22)23)18(26)25-10-14(9-24)15(11-25)12-4-2-1-3-5-12;/h1-8,14-15H,9-11,24H2;1H/t14-,15+;/m1./s1. The lowest BCUT2D eigenvalue weighted by Crippen LogP contribution is -2.30. The maximum atomic E-state index is 13.4. The number of likely N-dealkylation sites (tertiary alicyclic amines) is 1. The van der Waals surface area contributed by atoms with Gasteiger partial charge in [0.1, 0.15) is 5.82 Å². The third kappa shape index (κ3) is 4.42. The lowest BCUT2D eigenvalue weighted by atomic mass is 9.89. The van der Waals surface area contributed by atoms with Gasteiger partial charge in [-0.2, -0.15) is 13.2 Å². The summed E-state index contributed by atoms with van der Waals surface area (Å²) in [4.78, 5) is 14.2. The van der Waals surface area contributed by atoms with E-state index in [4.69, 9.17) is 5.73 Å². The number of benzene rings is 2. The molecule has 0 spiro atoms. The first kappa shape index (κ1) is 21.2. The third-order valence-electron chi connectivity index (χ3n) is 4.78. The molecule has 1 aliphatic rings. The average Bonchev–Trinajstić information content (AvgIpc) is 3.05. The fraction of sp³-hybridized carbons (Fsp3) is 0.316. The normalized spacial score (nSPS) is 19.7. The molecule has 2 atom stereocenters. The zero-order chi connectivity index (χ0) is 18.9. The highest BCUT2D eigenvalue weighted by atomic mass is 35.5. The Balaban J connectivity index is 0.00000261. The Bertz CT molecular complexity index is 798. The number of hydrogen-bond donors (Lipinski definition) is 1. The Morgan fingerprint density at radius 2 is 1.78 bits per heavy atom. The molecule has 1 heterocycles. The molecule has 0 aromatic heterocycles. The molecule has 1 fully saturated rings. The first-order valence-corrected chi connectivity index (χ1v) is 8.22. The monoisotopic (exact) mass is 402 g/mol. The van der Waals surface area contributed by atoms with Gasteiger partial charge in [0.05, 0.1) is 5.56 Å². The number of rotatable bonds is 3. The zero-order valence-electron chi connectivity index (χ0n) is 14.2. The van der Waals surface area contributed by atoms with Gasteiger partial charge in [-0.05, 0) is 36.2 Å². The van der Waals surface area contributed by atoms with E-state index >= 15 is 0 Å². The van der Waals surface area contributed by atoms with Crippen LogP contribution in [0, 0.1) is 11.7 Å². The fourth-order valence-corrected chi connectivity index (χ4v) is 3.41. The van der Waals surface area contributed by atoms with Crippen LogP contribution in [0.2, 0.25) is 0 Å². The summed E-state index contributed by atoms with van der Waals surface area (Å²) in [7, 11) is 0. The predicted octanol–water partition coefficient (Wildman–Crippen LogP) is 4.08. The van der Waals surface area contributed by atoms with E-state index in [9.17, 15) is 22.4 Å². The first-order chi connectivity index (χ1) is 12.3. The smallest absolute Gasteiger partial charge is 0.338 e. The van der Waals surface area contributed by atoms with Crippen LogP contribution in [-0.4, -0.2) is 30.4 Å². The van der Waals surface area contributed by atoms with Crippen molar-refractivity contribution < 1.29 is 22.4 Å². The van der Waals surface area contributed by atoms with Crippen molar-refractivity contribution in [3.05, 3.63) is 71.0 Å². The van der Waals surface area contributed by atoms with Crippen LogP contribution in [-0.2, 0) is 6.18 Å². The van der Waals surface area contributed by atoms with Crippen molar-refractivity contribution in [3.63, 3.8) is 0 Å². The summed E-state index contributed by atoms with van der Waals surface area (Å²) >= 11 is 0. The Labute approximate surface area is 160 Å². The highest BCUT2D eigenvalue weighted by Gasteiger charge is 2.38. The topological polar surface area (TPSA) is 46.3 Å². The number of nitrogens with two attached hydrogens (primary N) is 1. The second-order valence-electron chi connectivity index (χ2n) is 6.42. The van der Waals surface area contributed by atoms with Crippen LogP contribution in [0.3, 0.4) is 0 Å². The van der Waals surface area contributed by atoms with Crippen molar-refractivity contribution >= 4 is 18.3 Å². The van der Waals surface area contributed by atoms with Crippen LogP contribution < -0.4 is 5.73 Å². The van der Waals surface area contributed by atoms with Crippen molar-refractivity contribution in [2.24, 2.45) is 11.7 Å². The van der Waals surface area contributed by atoms with Gasteiger partial charge >= 0.3 is 6.18 Å². The van der Waals surface area contributed by atoms with Crippen LogP contribution in [0.15, 0.2) is 48.5 Å². The predicted molar refractivity (Wildman–Crippen MR) is 96.3 cm³/mol. The molecule has 0 saturated carbocycles. The molecule has 2 aromatic rings. The SMILES string of the molecule is Cl.NC[C@@H]1CN(C(=O)c2ccc(F)c(C(F)(F)F)c2)C[C@H]1c1ccccc1. The molecule has 1 saturated heterocycles. The molecular weight excluding hydrogens is 384 g/mol. The van der Waals surface area contributed by atoms with E-state index in [0.717, 1.165) is 11.6 Å². The summed E-state index contributed by atoms with van der Waals surface area (Å²) in [5.41, 5.74) is 5.25. The summed E-state index contributed by atoms with van der Waals surface area (Å²) in [6, 6.07) is 11.9. The molecular formula is C19H19ClF4N2O. The highest BCUT2D eigenvalue weighted by molar-refractivity contribution is 5.94. The van der Waals surface area contributed by atoms with Gasteiger partial charge in [-0.15, -0.1) is 12.4 Å². The fourth-order valence-electron chi connectivity index (χ4n) is 3.41. The molecule has 0 bridgehead atoms. The summed E-state index contributed by atoms with van der Waals surface area (Å²) < 4.78 is 52.1. The number of nitrogens with zero attached hydrogens (tertiary/aromatic N) is 1. The Hall–Kier alpha value is -2.12. The van der Waals surface area contributed by atoms with Crippen LogP contribution in [0.4, 0.5) is 17.6 Å². The first-order valence-electron chi connectivity index (χ1n) is 8.22. The summed E-state index contributed by atoms with van der Waals surface area (Å²) in [6.45, 7) is 1.08. The second kappa shape index (κ2) is 8.27. The number of halogens is 5. The molecule has 2 N–H and O–H groups in total. The van der Waals surface area contributed by atoms with Gasteiger partial charge in [-0.25, -0.2) is 4.39 Å². The number of carbonyl (C=O) groups excluding carboxylic acids is 1. The third-order valence-corrected chi connectivity index (χ3v) is 4.78. The van der Waals surface area contributed by atoms with Gasteiger partial charge in [0.15, 0.2) is 0 Å². The highest BCUT2D eigenvalue weighted by Crippen LogP contribution is 2.35. The Kier molecular flexibility index (Phi) is 6.49. The van der Waals surface area contributed by atoms with E-state index in [1.54, 1.807) is 0 Å². The Morgan fingerprint density at radius 3 is 2.37 bits per heavy atom. The van der Waals surface area contributed by atoms with E-state index < -0.39 is 23.5 Å². The van der Waals surface area contributed by atoms with Crippen molar-refractivity contribution in [2.75, 3.05) is 19.6 Å². The van der Waals surface area contributed by atoms with Crippen LogP contribution in [0.5, 0.6) is 0 Å². The molecule has 1 aliphatic heterocycles. The lowest BCUT2D eigenvalue weighted by molar-refractivity contribution is -0.140. The van der Waals surface area contributed by atoms with Gasteiger partial charge in [-0.1, -0.05) is 30.3 Å². The maximum absolute atomic E-state index is 13.4. The quantitative estimate of drug-likeness (QED) is 0.786. The molecule has 3 rings (SSSR count). The minimum atomic E-state index is -4.85. The van der Waals surface area contributed by atoms with Gasteiger partial charge in [-0.3, -0.25) is 4.79 Å². The molecule has 1 amide bonds. The largest absolute Gasteiger partial charge is 0.419 e. The van der Waals surface area contributed by atoms with Crippen molar-refractivity contribution in [1.82, 2.24) is 4.90 Å². The average molecular weight is 403 g/mol. The van der Waals surface area contributed by atoms with E-state index in [1.165, 1.54) is 4.90 Å². The van der Waals surface area contributed by atoms with E-state index in [2.05, 4.69) is 0 Å². The Morgan fingerprint density at radius 1 is 1.11 bits per heavy atom. The molecule has 0 unspecified atom stereocenters. The molecule has 3 nitrogen and oxygen atoms in total. The van der Waals surface area contributed by atoms with Gasteiger partial charge in [0.2, 0.25) is 0 Å². The van der Waals surface area contributed by atoms with Crippen LogP contribution in [0.25, 0.3) is 0 Å². The van der Waals surface area contributed by atoms with E-state index in [1.807, 2.05) is 30.3 Å². The van der Waals surface area contributed by atoms with Gasteiger partial charge < -0.3 is 10.6 Å². The number of amides is 1. The van der Waals surface area contributed by atoms with Gasteiger partial charge in [0, 0.05) is 24.6 Å². The minimum Gasteiger partial charge on any atom is -0.338 e. The molecule has 0 aliphatic carbocycles. The van der Waals surface area contributed by atoms with Crippen LogP contribution in [0.1, 0.15) is 27.4 Å². The molecule has 27 heavy (non-hydrogen) atoms. The molecule has 0 radical (unpaired) electrons. The van der Waals surface area contributed by atoms with E-state index in [0.29, 0.717) is 31.8 Å².